The highest BCUT2D eigenvalue weighted by Gasteiger charge is 2.21. The van der Waals surface area contributed by atoms with E-state index >= 15 is 0 Å². The molecule has 0 unspecified atom stereocenters. The van der Waals surface area contributed by atoms with Crippen LogP contribution in [-0.4, -0.2) is 19.7 Å². The number of rotatable bonds is 3. The molecule has 21 heavy (non-hydrogen) atoms. The highest BCUT2D eigenvalue weighted by Crippen LogP contribution is 2.40. The third-order valence-electron chi connectivity index (χ3n) is 3.69. The number of hydrogen-bond donors (Lipinski definition) is 1. The van der Waals surface area contributed by atoms with Crippen LogP contribution < -0.4 is 15.4 Å². The Hall–Kier alpha value is -1.71. The Morgan fingerprint density at radius 3 is 2.86 bits per heavy atom. The fraction of sp³-hybridized carbons (Fsp3) is 0.294. The molecule has 0 radical (unpaired) electrons. The van der Waals surface area contributed by atoms with Gasteiger partial charge in [0.2, 0.25) is 0 Å². The molecule has 0 atom stereocenters. The van der Waals surface area contributed by atoms with Gasteiger partial charge in [0.25, 0.3) is 0 Å². The highest BCUT2D eigenvalue weighted by atomic mass is 35.5. The van der Waals surface area contributed by atoms with Crippen molar-refractivity contribution in [3.8, 4) is 5.75 Å². The maximum absolute atomic E-state index is 6.49. The van der Waals surface area contributed by atoms with Gasteiger partial charge in [0.1, 0.15) is 5.75 Å². The quantitative estimate of drug-likeness (QED) is 0.938. The van der Waals surface area contributed by atoms with Gasteiger partial charge in [-0.05, 0) is 43.1 Å². The molecular weight excluding hydrogens is 284 g/mol. The molecule has 1 aliphatic rings. The molecule has 1 heterocycles. The van der Waals surface area contributed by atoms with Gasteiger partial charge in [-0.15, -0.1) is 0 Å². The van der Waals surface area contributed by atoms with E-state index in [1.54, 1.807) is 0 Å². The molecule has 2 aromatic carbocycles. The largest absolute Gasteiger partial charge is 0.491 e. The number of benzene rings is 2. The molecular formula is C17H19ClN2O. The van der Waals surface area contributed by atoms with Crippen molar-refractivity contribution in [1.29, 1.82) is 0 Å². The second-order valence-electron chi connectivity index (χ2n) is 5.11. The van der Waals surface area contributed by atoms with Gasteiger partial charge in [-0.3, -0.25) is 0 Å². The van der Waals surface area contributed by atoms with E-state index < -0.39 is 0 Å². The van der Waals surface area contributed by atoms with Gasteiger partial charge in [-0.1, -0.05) is 35.9 Å². The topological polar surface area (TPSA) is 38.5 Å². The summed E-state index contributed by atoms with van der Waals surface area (Å²) in [7, 11) is 0. The molecule has 3 rings (SSSR count). The molecule has 1 aliphatic heterocycles. The van der Waals surface area contributed by atoms with Crippen molar-refractivity contribution < 1.29 is 4.74 Å². The molecule has 0 aromatic heterocycles. The third kappa shape index (κ3) is 2.85. The van der Waals surface area contributed by atoms with Crippen molar-refractivity contribution in [2.24, 2.45) is 5.73 Å². The summed E-state index contributed by atoms with van der Waals surface area (Å²) in [6.45, 7) is 2.22. The van der Waals surface area contributed by atoms with Crippen molar-refractivity contribution >= 4 is 23.0 Å². The van der Waals surface area contributed by atoms with Crippen molar-refractivity contribution in [3.63, 3.8) is 0 Å². The first-order valence-corrected chi connectivity index (χ1v) is 7.66. The van der Waals surface area contributed by atoms with E-state index in [4.69, 9.17) is 22.1 Å². The Morgan fingerprint density at radius 1 is 1.14 bits per heavy atom. The third-order valence-corrected chi connectivity index (χ3v) is 4.00. The number of para-hydroxylation sites is 3. The van der Waals surface area contributed by atoms with Crippen molar-refractivity contribution in [2.75, 3.05) is 24.6 Å². The predicted octanol–water partition coefficient (Wildman–Crippen LogP) is 3.76. The number of ether oxygens (including phenoxy) is 1. The normalized spacial score (nSPS) is 14.3. The summed E-state index contributed by atoms with van der Waals surface area (Å²) < 4.78 is 5.83. The lowest BCUT2D eigenvalue weighted by Crippen LogP contribution is -2.20. The Bertz CT molecular complexity index is 630. The predicted molar refractivity (Wildman–Crippen MR) is 87.8 cm³/mol. The van der Waals surface area contributed by atoms with Crippen LogP contribution in [0.5, 0.6) is 5.75 Å². The molecule has 0 saturated carbocycles. The van der Waals surface area contributed by atoms with E-state index in [1.165, 1.54) is 5.56 Å². The fourth-order valence-corrected chi connectivity index (χ4v) is 3.08. The van der Waals surface area contributed by atoms with Crippen LogP contribution in [-0.2, 0) is 6.42 Å². The minimum absolute atomic E-state index is 0.610. The number of nitrogens with two attached hydrogens (primary N) is 1. The highest BCUT2D eigenvalue weighted by molar-refractivity contribution is 6.33. The van der Waals surface area contributed by atoms with Crippen LogP contribution >= 0.6 is 11.6 Å². The monoisotopic (exact) mass is 302 g/mol. The first-order chi connectivity index (χ1) is 10.3. The molecule has 0 aliphatic carbocycles. The van der Waals surface area contributed by atoms with Gasteiger partial charge in [-0.25, -0.2) is 0 Å². The minimum Gasteiger partial charge on any atom is -0.491 e. The van der Waals surface area contributed by atoms with Crippen LogP contribution in [0.1, 0.15) is 12.0 Å². The lowest BCUT2D eigenvalue weighted by molar-refractivity contribution is 0.322. The van der Waals surface area contributed by atoms with Crippen molar-refractivity contribution in [2.45, 2.75) is 12.8 Å². The lowest BCUT2D eigenvalue weighted by atomic mass is 10.1. The number of hydrogen-bond acceptors (Lipinski definition) is 3. The molecule has 0 saturated heterocycles. The zero-order valence-electron chi connectivity index (χ0n) is 11.9. The smallest absolute Gasteiger partial charge is 0.142 e. The van der Waals surface area contributed by atoms with Gasteiger partial charge in [-0.2, -0.15) is 0 Å². The zero-order chi connectivity index (χ0) is 14.7. The summed E-state index contributed by atoms with van der Waals surface area (Å²) in [6.07, 6.45) is 1.78. The Morgan fingerprint density at radius 2 is 2.00 bits per heavy atom. The van der Waals surface area contributed by atoms with Gasteiger partial charge in [0, 0.05) is 6.54 Å². The van der Waals surface area contributed by atoms with Gasteiger partial charge >= 0.3 is 0 Å². The number of nitrogens with zero attached hydrogens (tertiary/aromatic N) is 1. The zero-order valence-corrected chi connectivity index (χ0v) is 12.6. The van der Waals surface area contributed by atoms with Crippen LogP contribution in [0.3, 0.4) is 0 Å². The van der Waals surface area contributed by atoms with E-state index in [9.17, 15) is 0 Å². The molecule has 2 N–H and O–H groups in total. The van der Waals surface area contributed by atoms with Crippen molar-refractivity contribution in [3.05, 3.63) is 53.1 Å². The molecule has 2 aromatic rings. The Labute approximate surface area is 130 Å². The molecule has 0 bridgehead atoms. The van der Waals surface area contributed by atoms with E-state index in [-0.39, 0.29) is 0 Å². The molecule has 4 heteroatoms. The van der Waals surface area contributed by atoms with Gasteiger partial charge in [0.05, 0.1) is 23.0 Å². The van der Waals surface area contributed by atoms with Crippen molar-refractivity contribution in [1.82, 2.24) is 0 Å². The summed E-state index contributed by atoms with van der Waals surface area (Å²) in [5.41, 5.74) is 9.06. The second kappa shape index (κ2) is 6.37. The molecule has 0 amide bonds. The Kier molecular flexibility index (Phi) is 4.32. The van der Waals surface area contributed by atoms with Gasteiger partial charge < -0.3 is 15.4 Å². The van der Waals surface area contributed by atoms with E-state index in [0.29, 0.717) is 6.54 Å². The summed E-state index contributed by atoms with van der Waals surface area (Å²) in [5, 5.41) is 0.762. The first kappa shape index (κ1) is 14.2. The summed E-state index contributed by atoms with van der Waals surface area (Å²) in [6, 6.07) is 14.1. The SMILES string of the molecule is NCCc1cccc(Cl)c1N1CCCOc2ccccc21. The minimum atomic E-state index is 0.610. The van der Waals surface area contributed by atoms with Crippen LogP contribution in [0.25, 0.3) is 0 Å². The molecule has 3 nitrogen and oxygen atoms in total. The summed E-state index contributed by atoms with van der Waals surface area (Å²) in [5.74, 6) is 0.911. The average molecular weight is 303 g/mol. The second-order valence-corrected chi connectivity index (χ2v) is 5.51. The summed E-state index contributed by atoms with van der Waals surface area (Å²) >= 11 is 6.49. The van der Waals surface area contributed by atoms with Crippen LogP contribution in [0, 0.1) is 0 Å². The standard InChI is InChI=1S/C17H19ClN2O/c18-14-6-3-5-13(9-10-19)17(14)20-11-4-12-21-16-8-2-1-7-15(16)20/h1-3,5-8H,4,9-12,19H2. The maximum atomic E-state index is 6.49. The number of fused-ring (bicyclic) bond motifs is 1. The fourth-order valence-electron chi connectivity index (χ4n) is 2.78. The number of halogens is 1. The van der Waals surface area contributed by atoms with Crippen LogP contribution in [0.4, 0.5) is 11.4 Å². The van der Waals surface area contributed by atoms with E-state index in [0.717, 1.165) is 48.1 Å². The summed E-state index contributed by atoms with van der Waals surface area (Å²) in [4.78, 5) is 2.26. The number of anilines is 2. The average Bonchev–Trinajstić information content (AvgIpc) is 2.70. The maximum Gasteiger partial charge on any atom is 0.142 e. The lowest BCUT2D eigenvalue weighted by Gasteiger charge is -2.27. The Balaban J connectivity index is 2.12. The van der Waals surface area contributed by atoms with E-state index in [1.807, 2.05) is 30.3 Å². The molecule has 110 valence electrons. The van der Waals surface area contributed by atoms with E-state index in [2.05, 4.69) is 17.0 Å². The van der Waals surface area contributed by atoms with Gasteiger partial charge in [0.15, 0.2) is 0 Å². The molecule has 0 spiro atoms. The van der Waals surface area contributed by atoms with Crippen LogP contribution in [0.15, 0.2) is 42.5 Å². The molecule has 0 fully saturated rings. The first-order valence-electron chi connectivity index (χ1n) is 7.28. The van der Waals surface area contributed by atoms with Crippen LogP contribution in [0.2, 0.25) is 5.02 Å².